The fraction of sp³-hybridized carbons (Fsp3) is 0.818. The number of amides is 1. The maximum absolute atomic E-state index is 12.0. The Morgan fingerprint density at radius 2 is 2.19 bits per heavy atom. The van der Waals surface area contributed by atoms with Gasteiger partial charge in [-0.05, 0) is 19.3 Å². The highest BCUT2D eigenvalue weighted by Gasteiger charge is 2.33. The molecule has 0 aliphatic carbocycles. The standard InChI is InChI=1S/C11H19NO4/c1-8(7-16-2)10(13)12-6-4-3-5-9(12)11(14)15/h8-9H,3-7H2,1-2H3,(H,14,15). The van der Waals surface area contributed by atoms with Gasteiger partial charge in [-0.15, -0.1) is 0 Å². The van der Waals surface area contributed by atoms with Gasteiger partial charge in [0.15, 0.2) is 0 Å². The van der Waals surface area contributed by atoms with Gasteiger partial charge in [0.1, 0.15) is 6.04 Å². The van der Waals surface area contributed by atoms with E-state index in [9.17, 15) is 9.59 Å². The summed E-state index contributed by atoms with van der Waals surface area (Å²) in [5, 5.41) is 9.04. The molecule has 0 spiro atoms. The quantitative estimate of drug-likeness (QED) is 0.772. The molecule has 2 atom stereocenters. The zero-order chi connectivity index (χ0) is 12.1. The van der Waals surface area contributed by atoms with Crippen molar-refractivity contribution in [3.05, 3.63) is 0 Å². The zero-order valence-electron chi connectivity index (χ0n) is 9.81. The van der Waals surface area contributed by atoms with Crippen LogP contribution in [0.2, 0.25) is 0 Å². The molecule has 1 fully saturated rings. The van der Waals surface area contributed by atoms with E-state index in [1.165, 1.54) is 12.0 Å². The number of nitrogens with zero attached hydrogens (tertiary/aromatic N) is 1. The predicted octanol–water partition coefficient (Wildman–Crippen LogP) is 0.735. The van der Waals surface area contributed by atoms with Gasteiger partial charge in [0.05, 0.1) is 12.5 Å². The van der Waals surface area contributed by atoms with Crippen molar-refractivity contribution in [2.45, 2.75) is 32.2 Å². The van der Waals surface area contributed by atoms with Gasteiger partial charge in [-0.1, -0.05) is 6.92 Å². The molecule has 1 aliphatic heterocycles. The summed E-state index contributed by atoms with van der Waals surface area (Å²) in [6.45, 7) is 2.64. The zero-order valence-corrected chi connectivity index (χ0v) is 9.81. The van der Waals surface area contributed by atoms with Crippen molar-refractivity contribution >= 4 is 11.9 Å². The molecule has 0 bridgehead atoms. The van der Waals surface area contributed by atoms with Gasteiger partial charge < -0.3 is 14.7 Å². The first-order valence-electron chi connectivity index (χ1n) is 5.60. The van der Waals surface area contributed by atoms with E-state index in [4.69, 9.17) is 9.84 Å². The molecule has 16 heavy (non-hydrogen) atoms. The van der Waals surface area contributed by atoms with Crippen molar-refractivity contribution in [3.63, 3.8) is 0 Å². The number of carboxylic acid groups (broad SMARTS) is 1. The Bertz CT molecular complexity index is 267. The normalized spacial score (nSPS) is 22.9. The summed E-state index contributed by atoms with van der Waals surface area (Å²) in [5.74, 6) is -1.29. The molecule has 1 N–H and O–H groups in total. The number of piperidine rings is 1. The third kappa shape index (κ3) is 2.95. The van der Waals surface area contributed by atoms with E-state index in [-0.39, 0.29) is 11.8 Å². The Hall–Kier alpha value is -1.10. The number of hydrogen-bond acceptors (Lipinski definition) is 3. The molecule has 0 aromatic carbocycles. The summed E-state index contributed by atoms with van der Waals surface area (Å²) in [5.41, 5.74) is 0. The van der Waals surface area contributed by atoms with Crippen molar-refractivity contribution in [1.29, 1.82) is 0 Å². The highest BCUT2D eigenvalue weighted by molar-refractivity contribution is 5.85. The predicted molar refractivity (Wildman–Crippen MR) is 58.0 cm³/mol. The first kappa shape index (κ1) is 13.0. The maximum Gasteiger partial charge on any atom is 0.326 e. The molecule has 5 nitrogen and oxygen atoms in total. The molecule has 2 unspecified atom stereocenters. The third-order valence-corrected chi connectivity index (χ3v) is 2.91. The minimum atomic E-state index is -0.905. The van der Waals surface area contributed by atoms with E-state index in [1.54, 1.807) is 6.92 Å². The third-order valence-electron chi connectivity index (χ3n) is 2.91. The van der Waals surface area contributed by atoms with Gasteiger partial charge in [0, 0.05) is 13.7 Å². The van der Waals surface area contributed by atoms with Gasteiger partial charge in [-0.3, -0.25) is 4.79 Å². The van der Waals surface area contributed by atoms with Crippen LogP contribution in [0.5, 0.6) is 0 Å². The molecule has 0 aromatic heterocycles. The van der Waals surface area contributed by atoms with Crippen LogP contribution in [-0.4, -0.2) is 48.2 Å². The monoisotopic (exact) mass is 229 g/mol. The highest BCUT2D eigenvalue weighted by Crippen LogP contribution is 2.19. The van der Waals surface area contributed by atoms with Crippen LogP contribution in [0.4, 0.5) is 0 Å². The Labute approximate surface area is 95.4 Å². The Morgan fingerprint density at radius 1 is 1.50 bits per heavy atom. The number of carboxylic acids is 1. The van der Waals surface area contributed by atoms with Gasteiger partial charge in [0.2, 0.25) is 5.91 Å². The number of carbonyl (C=O) groups is 2. The molecule has 1 saturated heterocycles. The van der Waals surface area contributed by atoms with Crippen molar-refractivity contribution in [2.24, 2.45) is 5.92 Å². The van der Waals surface area contributed by atoms with Crippen LogP contribution in [0, 0.1) is 5.92 Å². The van der Waals surface area contributed by atoms with Crippen molar-refractivity contribution in [3.8, 4) is 0 Å². The molecule has 1 amide bonds. The molecule has 0 aromatic rings. The Morgan fingerprint density at radius 3 is 2.75 bits per heavy atom. The molecule has 5 heteroatoms. The lowest BCUT2D eigenvalue weighted by atomic mass is 10.00. The molecular formula is C11H19NO4. The number of rotatable bonds is 4. The van der Waals surface area contributed by atoms with Crippen LogP contribution in [0.25, 0.3) is 0 Å². The lowest BCUT2D eigenvalue weighted by Crippen LogP contribution is -2.50. The number of likely N-dealkylation sites (tertiary alicyclic amines) is 1. The van der Waals surface area contributed by atoms with Crippen LogP contribution >= 0.6 is 0 Å². The fourth-order valence-corrected chi connectivity index (χ4v) is 2.06. The van der Waals surface area contributed by atoms with E-state index < -0.39 is 12.0 Å². The fourth-order valence-electron chi connectivity index (χ4n) is 2.06. The smallest absolute Gasteiger partial charge is 0.326 e. The Balaban J connectivity index is 2.67. The van der Waals surface area contributed by atoms with E-state index in [0.29, 0.717) is 19.6 Å². The summed E-state index contributed by atoms with van der Waals surface area (Å²) < 4.78 is 4.92. The summed E-state index contributed by atoms with van der Waals surface area (Å²) >= 11 is 0. The average Bonchev–Trinajstić information content (AvgIpc) is 2.28. The minimum absolute atomic E-state index is 0.117. The average molecular weight is 229 g/mol. The van der Waals surface area contributed by atoms with Gasteiger partial charge in [-0.2, -0.15) is 0 Å². The lowest BCUT2D eigenvalue weighted by Gasteiger charge is -2.34. The lowest BCUT2D eigenvalue weighted by molar-refractivity contribution is -0.154. The SMILES string of the molecule is COCC(C)C(=O)N1CCCCC1C(=O)O. The number of methoxy groups -OCH3 is 1. The molecule has 1 aliphatic rings. The van der Waals surface area contributed by atoms with Crippen LogP contribution in [0.15, 0.2) is 0 Å². The number of carbonyl (C=O) groups excluding carboxylic acids is 1. The van der Waals surface area contributed by atoms with E-state index in [2.05, 4.69) is 0 Å². The van der Waals surface area contributed by atoms with Gasteiger partial charge in [0.25, 0.3) is 0 Å². The maximum atomic E-state index is 12.0. The van der Waals surface area contributed by atoms with Gasteiger partial charge >= 0.3 is 5.97 Å². The summed E-state index contributed by atoms with van der Waals surface area (Å²) in [4.78, 5) is 24.5. The van der Waals surface area contributed by atoms with Crippen LogP contribution in [0.3, 0.4) is 0 Å². The first-order valence-corrected chi connectivity index (χ1v) is 5.60. The second-order valence-electron chi connectivity index (χ2n) is 4.24. The van der Waals surface area contributed by atoms with E-state index >= 15 is 0 Å². The Kier molecular flexibility index (Phi) is 4.73. The van der Waals surface area contributed by atoms with Gasteiger partial charge in [-0.25, -0.2) is 4.79 Å². The minimum Gasteiger partial charge on any atom is -0.480 e. The molecule has 1 rings (SSSR count). The molecule has 92 valence electrons. The van der Waals surface area contributed by atoms with Crippen molar-refractivity contribution in [1.82, 2.24) is 4.90 Å². The summed E-state index contributed by atoms with van der Waals surface area (Å²) in [7, 11) is 1.54. The van der Waals surface area contributed by atoms with Crippen molar-refractivity contribution < 1.29 is 19.4 Å². The molecule has 0 radical (unpaired) electrons. The number of hydrogen-bond donors (Lipinski definition) is 1. The molecule has 1 heterocycles. The topological polar surface area (TPSA) is 66.8 Å². The van der Waals surface area contributed by atoms with E-state index in [0.717, 1.165) is 12.8 Å². The largest absolute Gasteiger partial charge is 0.480 e. The highest BCUT2D eigenvalue weighted by atomic mass is 16.5. The molecule has 0 saturated carbocycles. The number of aliphatic carboxylic acids is 1. The second-order valence-corrected chi connectivity index (χ2v) is 4.24. The second kappa shape index (κ2) is 5.84. The number of ether oxygens (including phenoxy) is 1. The first-order chi connectivity index (χ1) is 7.57. The van der Waals surface area contributed by atoms with E-state index in [1.807, 2.05) is 0 Å². The summed E-state index contributed by atoms with van der Waals surface area (Å²) in [6, 6.07) is -0.652. The molecular weight excluding hydrogens is 210 g/mol. The van der Waals surface area contributed by atoms with Crippen LogP contribution in [0.1, 0.15) is 26.2 Å². The van der Waals surface area contributed by atoms with Crippen molar-refractivity contribution in [2.75, 3.05) is 20.3 Å². The summed E-state index contributed by atoms with van der Waals surface area (Å²) in [6.07, 6.45) is 2.31. The van der Waals surface area contributed by atoms with Crippen LogP contribution < -0.4 is 0 Å². The van der Waals surface area contributed by atoms with Crippen LogP contribution in [-0.2, 0) is 14.3 Å².